The molecule has 0 aliphatic carbocycles. The summed E-state index contributed by atoms with van der Waals surface area (Å²) in [5.41, 5.74) is 1.48. The van der Waals surface area contributed by atoms with Crippen molar-refractivity contribution in [2.45, 2.75) is 0 Å². The van der Waals surface area contributed by atoms with Crippen LogP contribution in [-0.2, 0) is 4.79 Å². The second kappa shape index (κ2) is 8.27. The summed E-state index contributed by atoms with van der Waals surface area (Å²) in [5.74, 6) is 0.552. The summed E-state index contributed by atoms with van der Waals surface area (Å²) in [6.45, 7) is 4.06. The summed E-state index contributed by atoms with van der Waals surface area (Å²) < 4.78 is 5.90. The summed E-state index contributed by atoms with van der Waals surface area (Å²) >= 11 is 18.6. The molecule has 2 aromatic carbocycles. The highest BCUT2D eigenvalue weighted by molar-refractivity contribution is 8.27. The van der Waals surface area contributed by atoms with Crippen molar-refractivity contribution in [2.24, 2.45) is 0 Å². The Labute approximate surface area is 171 Å². The first-order valence-corrected chi connectivity index (χ1v) is 9.54. The van der Waals surface area contributed by atoms with E-state index < -0.39 is 0 Å². The molecule has 0 atom stereocenters. The number of nitrogens with zero attached hydrogens (tertiary/aromatic N) is 1. The van der Waals surface area contributed by atoms with Crippen molar-refractivity contribution in [3.05, 3.63) is 75.6 Å². The first-order valence-electron chi connectivity index (χ1n) is 7.56. The fraction of sp³-hybridized carbons (Fsp3) is 0.0526. The van der Waals surface area contributed by atoms with Crippen LogP contribution in [0.5, 0.6) is 5.75 Å². The van der Waals surface area contributed by atoms with Crippen LogP contribution >= 0.6 is 47.2 Å². The van der Waals surface area contributed by atoms with Crippen molar-refractivity contribution >= 4 is 69.2 Å². The summed E-state index contributed by atoms with van der Waals surface area (Å²) in [7, 11) is 0. The molecule has 1 amide bonds. The standard InChI is InChI=1S/C19H13Cl2NO2S2/c1-2-9-24-14-6-3-12(4-7-14)10-17-18(23)22(19(25)26-17)13-5-8-15(20)16(21)11-13/h2-8,10-11H,1,9H2/b17-10-. The molecule has 26 heavy (non-hydrogen) atoms. The number of carbonyl (C=O) groups is 1. The topological polar surface area (TPSA) is 29.5 Å². The van der Waals surface area contributed by atoms with Crippen molar-refractivity contribution in [3.8, 4) is 5.75 Å². The largest absolute Gasteiger partial charge is 0.490 e. The van der Waals surface area contributed by atoms with Gasteiger partial charge in [0.05, 0.1) is 20.6 Å². The van der Waals surface area contributed by atoms with E-state index in [2.05, 4.69) is 6.58 Å². The lowest BCUT2D eigenvalue weighted by Gasteiger charge is -2.15. The van der Waals surface area contributed by atoms with Gasteiger partial charge in [-0.25, -0.2) is 0 Å². The molecule has 0 radical (unpaired) electrons. The van der Waals surface area contributed by atoms with E-state index in [4.69, 9.17) is 40.2 Å². The lowest BCUT2D eigenvalue weighted by molar-refractivity contribution is -0.113. The molecule has 3 rings (SSSR count). The molecule has 3 nitrogen and oxygen atoms in total. The minimum Gasteiger partial charge on any atom is -0.490 e. The van der Waals surface area contributed by atoms with Gasteiger partial charge in [0.1, 0.15) is 12.4 Å². The SMILES string of the molecule is C=CCOc1ccc(/C=C2\SC(=S)N(c3ccc(Cl)c(Cl)c3)C2=O)cc1. The first kappa shape index (κ1) is 19.0. The number of rotatable bonds is 5. The Balaban J connectivity index is 1.82. The second-order valence-electron chi connectivity index (χ2n) is 5.28. The number of halogens is 2. The number of benzene rings is 2. The van der Waals surface area contributed by atoms with Gasteiger partial charge in [0.15, 0.2) is 4.32 Å². The average molecular weight is 422 g/mol. The van der Waals surface area contributed by atoms with Crippen molar-refractivity contribution in [2.75, 3.05) is 11.5 Å². The van der Waals surface area contributed by atoms with Crippen LogP contribution in [0.4, 0.5) is 5.69 Å². The van der Waals surface area contributed by atoms with Crippen LogP contribution in [0, 0.1) is 0 Å². The predicted octanol–water partition coefficient (Wildman–Crippen LogP) is 5.96. The van der Waals surface area contributed by atoms with Crippen molar-refractivity contribution < 1.29 is 9.53 Å². The Bertz CT molecular complexity index is 910. The third-order valence-electron chi connectivity index (χ3n) is 3.50. The molecule has 1 fully saturated rings. The van der Waals surface area contributed by atoms with Crippen LogP contribution in [0.1, 0.15) is 5.56 Å². The molecular weight excluding hydrogens is 409 g/mol. The Kier molecular flexibility index (Phi) is 6.04. The zero-order valence-electron chi connectivity index (χ0n) is 13.4. The van der Waals surface area contributed by atoms with E-state index in [1.807, 2.05) is 24.3 Å². The van der Waals surface area contributed by atoms with Gasteiger partial charge in [-0.05, 0) is 42.0 Å². The van der Waals surface area contributed by atoms with E-state index in [9.17, 15) is 4.79 Å². The van der Waals surface area contributed by atoms with Gasteiger partial charge in [0.2, 0.25) is 0 Å². The lowest BCUT2D eigenvalue weighted by atomic mass is 10.2. The minimum atomic E-state index is -0.189. The van der Waals surface area contributed by atoms with Gasteiger partial charge < -0.3 is 4.74 Å². The Morgan fingerprint density at radius 3 is 2.54 bits per heavy atom. The number of amides is 1. The molecule has 0 N–H and O–H groups in total. The summed E-state index contributed by atoms with van der Waals surface area (Å²) in [4.78, 5) is 14.8. The highest BCUT2D eigenvalue weighted by Gasteiger charge is 2.33. The molecule has 2 aromatic rings. The van der Waals surface area contributed by atoms with Crippen LogP contribution in [0.3, 0.4) is 0 Å². The zero-order chi connectivity index (χ0) is 18.7. The maximum absolute atomic E-state index is 12.8. The normalized spacial score (nSPS) is 15.6. The molecule has 1 aliphatic rings. The minimum absolute atomic E-state index is 0.189. The maximum atomic E-state index is 12.8. The summed E-state index contributed by atoms with van der Waals surface area (Å²) in [6.07, 6.45) is 3.48. The molecule has 1 saturated heterocycles. The number of ether oxygens (including phenoxy) is 1. The number of anilines is 1. The van der Waals surface area contributed by atoms with Crippen molar-refractivity contribution in [1.82, 2.24) is 0 Å². The van der Waals surface area contributed by atoms with Gasteiger partial charge >= 0.3 is 0 Å². The molecule has 132 valence electrons. The van der Waals surface area contributed by atoms with Crippen molar-refractivity contribution in [3.63, 3.8) is 0 Å². The van der Waals surface area contributed by atoms with E-state index in [0.717, 1.165) is 11.3 Å². The Morgan fingerprint density at radius 1 is 1.15 bits per heavy atom. The average Bonchev–Trinajstić information content (AvgIpc) is 2.90. The van der Waals surface area contributed by atoms with Gasteiger partial charge in [0, 0.05) is 0 Å². The van der Waals surface area contributed by atoms with E-state index in [-0.39, 0.29) is 5.91 Å². The van der Waals surface area contributed by atoms with Gasteiger partial charge in [-0.1, -0.05) is 72.0 Å². The fourth-order valence-corrected chi connectivity index (χ4v) is 3.87. The van der Waals surface area contributed by atoms with Crippen molar-refractivity contribution in [1.29, 1.82) is 0 Å². The highest BCUT2D eigenvalue weighted by atomic mass is 35.5. The molecular formula is C19H13Cl2NO2S2. The summed E-state index contributed by atoms with van der Waals surface area (Å²) in [6, 6.07) is 12.4. The van der Waals surface area contributed by atoms with Crippen LogP contribution in [-0.4, -0.2) is 16.8 Å². The van der Waals surface area contributed by atoms with Gasteiger partial charge in [0.25, 0.3) is 5.91 Å². The highest BCUT2D eigenvalue weighted by Crippen LogP contribution is 2.38. The third-order valence-corrected chi connectivity index (χ3v) is 5.54. The van der Waals surface area contributed by atoms with Crippen LogP contribution in [0.15, 0.2) is 60.0 Å². The van der Waals surface area contributed by atoms with Gasteiger partial charge in [-0.15, -0.1) is 0 Å². The van der Waals surface area contributed by atoms with E-state index in [1.165, 1.54) is 16.7 Å². The molecule has 1 aliphatic heterocycles. The van der Waals surface area contributed by atoms with Gasteiger partial charge in [-0.2, -0.15) is 0 Å². The van der Waals surface area contributed by atoms with Crippen LogP contribution < -0.4 is 9.64 Å². The van der Waals surface area contributed by atoms with Gasteiger partial charge in [-0.3, -0.25) is 9.69 Å². The molecule has 0 spiro atoms. The first-order chi connectivity index (χ1) is 12.5. The number of carbonyl (C=O) groups excluding carboxylic acids is 1. The van der Waals surface area contributed by atoms with E-state index in [0.29, 0.717) is 31.6 Å². The van der Waals surface area contributed by atoms with E-state index >= 15 is 0 Å². The lowest BCUT2D eigenvalue weighted by Crippen LogP contribution is -2.27. The Hall–Kier alpha value is -1.79. The maximum Gasteiger partial charge on any atom is 0.270 e. The quantitative estimate of drug-likeness (QED) is 0.338. The Morgan fingerprint density at radius 2 is 1.88 bits per heavy atom. The smallest absolute Gasteiger partial charge is 0.270 e. The zero-order valence-corrected chi connectivity index (χ0v) is 16.6. The van der Waals surface area contributed by atoms with Crippen LogP contribution in [0.2, 0.25) is 10.0 Å². The van der Waals surface area contributed by atoms with Crippen LogP contribution in [0.25, 0.3) is 6.08 Å². The third kappa shape index (κ3) is 4.13. The fourth-order valence-electron chi connectivity index (χ4n) is 2.28. The number of hydrogen-bond acceptors (Lipinski definition) is 4. The molecule has 0 aromatic heterocycles. The number of thiocarbonyl (C=S) groups is 1. The predicted molar refractivity (Wildman–Crippen MR) is 114 cm³/mol. The molecule has 0 saturated carbocycles. The number of hydrogen-bond donors (Lipinski definition) is 0. The molecule has 1 heterocycles. The molecule has 7 heteroatoms. The number of thioether (sulfide) groups is 1. The monoisotopic (exact) mass is 421 g/mol. The molecule has 0 bridgehead atoms. The second-order valence-corrected chi connectivity index (χ2v) is 7.77. The summed E-state index contributed by atoms with van der Waals surface area (Å²) in [5, 5.41) is 0.799. The van der Waals surface area contributed by atoms with E-state index in [1.54, 1.807) is 30.4 Å². The molecule has 0 unspecified atom stereocenters.